The molecule has 2 aromatic rings. The maximum Gasteiger partial charge on any atom is 0.170 e. The normalized spacial score (nSPS) is 17.3. The standard InChI is InChI=1S/C16H18N2O3/c1-4-13-12(9-18(2)17-13)16-8-14(19)11-7-10(20-3)5-6-15(11)21-16/h5-7,9,16H,4,8H2,1-3H3. The number of Topliss-reactive ketones (excluding diaryl/α,β-unsaturated/α-hetero) is 1. The maximum atomic E-state index is 12.4. The first-order valence-corrected chi connectivity index (χ1v) is 7.02. The predicted molar refractivity (Wildman–Crippen MR) is 77.9 cm³/mol. The van der Waals surface area contributed by atoms with Crippen LogP contribution in [-0.4, -0.2) is 22.7 Å². The van der Waals surface area contributed by atoms with Gasteiger partial charge in [0, 0.05) is 18.8 Å². The first-order valence-electron chi connectivity index (χ1n) is 7.02. The second-order valence-corrected chi connectivity index (χ2v) is 5.15. The van der Waals surface area contributed by atoms with Crippen molar-refractivity contribution in [1.29, 1.82) is 0 Å². The van der Waals surface area contributed by atoms with Crippen molar-refractivity contribution in [2.75, 3.05) is 7.11 Å². The largest absolute Gasteiger partial charge is 0.497 e. The Hall–Kier alpha value is -2.30. The van der Waals surface area contributed by atoms with Gasteiger partial charge >= 0.3 is 0 Å². The Morgan fingerprint density at radius 2 is 2.29 bits per heavy atom. The first kappa shape index (κ1) is 13.7. The van der Waals surface area contributed by atoms with Gasteiger partial charge in [-0.3, -0.25) is 9.48 Å². The third kappa shape index (κ3) is 2.39. The second-order valence-electron chi connectivity index (χ2n) is 5.15. The lowest BCUT2D eigenvalue weighted by molar-refractivity contribution is 0.0848. The third-order valence-corrected chi connectivity index (χ3v) is 3.75. The Bertz CT molecular complexity index is 691. The Morgan fingerprint density at radius 3 is 3.00 bits per heavy atom. The van der Waals surface area contributed by atoms with E-state index in [1.54, 1.807) is 30.0 Å². The van der Waals surface area contributed by atoms with E-state index in [1.165, 1.54) is 0 Å². The number of aromatic nitrogens is 2. The summed E-state index contributed by atoms with van der Waals surface area (Å²) in [6.45, 7) is 2.05. The Balaban J connectivity index is 1.96. The molecule has 0 spiro atoms. The Morgan fingerprint density at radius 1 is 1.48 bits per heavy atom. The zero-order chi connectivity index (χ0) is 15.0. The van der Waals surface area contributed by atoms with E-state index < -0.39 is 0 Å². The van der Waals surface area contributed by atoms with Gasteiger partial charge in [-0.15, -0.1) is 0 Å². The van der Waals surface area contributed by atoms with Crippen molar-refractivity contribution in [1.82, 2.24) is 9.78 Å². The molecule has 5 heteroatoms. The number of carbonyl (C=O) groups excluding carboxylic acids is 1. The van der Waals surface area contributed by atoms with Gasteiger partial charge in [-0.2, -0.15) is 5.10 Å². The predicted octanol–water partition coefficient (Wildman–Crippen LogP) is 2.70. The average molecular weight is 286 g/mol. The molecule has 110 valence electrons. The number of methoxy groups -OCH3 is 1. The van der Waals surface area contributed by atoms with Crippen LogP contribution in [0.25, 0.3) is 0 Å². The monoisotopic (exact) mass is 286 g/mol. The molecular weight excluding hydrogens is 268 g/mol. The van der Waals surface area contributed by atoms with Gasteiger partial charge in [-0.1, -0.05) is 6.92 Å². The molecular formula is C16H18N2O3. The van der Waals surface area contributed by atoms with Crippen molar-refractivity contribution >= 4 is 5.78 Å². The smallest absolute Gasteiger partial charge is 0.170 e. The van der Waals surface area contributed by atoms with Crippen molar-refractivity contribution in [2.45, 2.75) is 25.9 Å². The second kappa shape index (κ2) is 5.24. The van der Waals surface area contributed by atoms with E-state index in [9.17, 15) is 4.79 Å². The van der Waals surface area contributed by atoms with Gasteiger partial charge in [-0.05, 0) is 24.6 Å². The van der Waals surface area contributed by atoms with Gasteiger partial charge in [0.2, 0.25) is 0 Å². The van der Waals surface area contributed by atoms with E-state index in [-0.39, 0.29) is 11.9 Å². The van der Waals surface area contributed by atoms with Crippen LogP contribution in [0, 0.1) is 0 Å². The highest BCUT2D eigenvalue weighted by Crippen LogP contribution is 2.37. The summed E-state index contributed by atoms with van der Waals surface area (Å²) >= 11 is 0. The summed E-state index contributed by atoms with van der Waals surface area (Å²) in [6, 6.07) is 5.33. The molecule has 0 saturated heterocycles. The molecule has 2 heterocycles. The fraction of sp³-hybridized carbons (Fsp3) is 0.375. The fourth-order valence-electron chi connectivity index (χ4n) is 2.70. The summed E-state index contributed by atoms with van der Waals surface area (Å²) < 4.78 is 12.9. The van der Waals surface area contributed by atoms with Gasteiger partial charge in [0.15, 0.2) is 5.78 Å². The molecule has 0 bridgehead atoms. The number of benzene rings is 1. The fourth-order valence-corrected chi connectivity index (χ4v) is 2.70. The van der Waals surface area contributed by atoms with Crippen LogP contribution in [-0.2, 0) is 13.5 Å². The van der Waals surface area contributed by atoms with Gasteiger partial charge in [-0.25, -0.2) is 0 Å². The molecule has 21 heavy (non-hydrogen) atoms. The molecule has 1 atom stereocenters. The molecule has 5 nitrogen and oxygen atoms in total. The van der Waals surface area contributed by atoms with E-state index in [0.29, 0.717) is 23.5 Å². The molecule has 0 saturated carbocycles. The molecule has 0 radical (unpaired) electrons. The molecule has 0 amide bonds. The van der Waals surface area contributed by atoms with Crippen LogP contribution in [0.1, 0.15) is 41.1 Å². The maximum absolute atomic E-state index is 12.4. The van der Waals surface area contributed by atoms with Crippen LogP contribution in [0.5, 0.6) is 11.5 Å². The van der Waals surface area contributed by atoms with Gasteiger partial charge in [0.05, 0.1) is 24.8 Å². The lowest BCUT2D eigenvalue weighted by atomic mass is 9.96. The summed E-state index contributed by atoms with van der Waals surface area (Å²) in [5.41, 5.74) is 2.56. The van der Waals surface area contributed by atoms with Crippen molar-refractivity contribution in [3.05, 3.63) is 41.2 Å². The topological polar surface area (TPSA) is 53.4 Å². The molecule has 1 aliphatic heterocycles. The highest BCUT2D eigenvalue weighted by Gasteiger charge is 2.30. The number of nitrogens with zero attached hydrogens (tertiary/aromatic N) is 2. The number of fused-ring (bicyclic) bond motifs is 1. The molecule has 1 aliphatic rings. The van der Waals surface area contributed by atoms with Crippen molar-refractivity contribution in [3.8, 4) is 11.5 Å². The number of hydrogen-bond donors (Lipinski definition) is 0. The van der Waals surface area contributed by atoms with Gasteiger partial charge in [0.25, 0.3) is 0 Å². The van der Waals surface area contributed by atoms with Crippen LogP contribution < -0.4 is 9.47 Å². The average Bonchev–Trinajstić information content (AvgIpc) is 2.88. The zero-order valence-corrected chi connectivity index (χ0v) is 12.4. The van der Waals surface area contributed by atoms with Gasteiger partial charge < -0.3 is 9.47 Å². The highest BCUT2D eigenvalue weighted by molar-refractivity contribution is 6.00. The molecule has 0 fully saturated rings. The van der Waals surface area contributed by atoms with Crippen LogP contribution in [0.15, 0.2) is 24.4 Å². The summed E-state index contributed by atoms with van der Waals surface area (Å²) in [6.07, 6.45) is 2.83. The third-order valence-electron chi connectivity index (χ3n) is 3.75. The minimum Gasteiger partial charge on any atom is -0.497 e. The summed E-state index contributed by atoms with van der Waals surface area (Å²) in [7, 11) is 3.47. The summed E-state index contributed by atoms with van der Waals surface area (Å²) in [5, 5.41) is 4.42. The highest BCUT2D eigenvalue weighted by atomic mass is 16.5. The zero-order valence-electron chi connectivity index (χ0n) is 12.4. The molecule has 0 N–H and O–H groups in total. The van der Waals surface area contributed by atoms with Crippen molar-refractivity contribution < 1.29 is 14.3 Å². The lowest BCUT2D eigenvalue weighted by Crippen LogP contribution is -2.21. The Kier molecular flexibility index (Phi) is 3.41. The number of rotatable bonds is 3. The quantitative estimate of drug-likeness (QED) is 0.870. The van der Waals surface area contributed by atoms with Crippen molar-refractivity contribution in [3.63, 3.8) is 0 Å². The van der Waals surface area contributed by atoms with E-state index >= 15 is 0 Å². The molecule has 1 aromatic heterocycles. The lowest BCUT2D eigenvalue weighted by Gasteiger charge is -2.25. The SMILES string of the molecule is CCc1nn(C)cc1C1CC(=O)c2cc(OC)ccc2O1. The summed E-state index contributed by atoms with van der Waals surface area (Å²) in [4.78, 5) is 12.4. The Labute approximate surface area is 123 Å². The van der Waals surface area contributed by atoms with Crippen LogP contribution >= 0.6 is 0 Å². The minimum atomic E-state index is -0.262. The van der Waals surface area contributed by atoms with Crippen LogP contribution in [0.4, 0.5) is 0 Å². The van der Waals surface area contributed by atoms with E-state index in [0.717, 1.165) is 17.7 Å². The molecule has 3 rings (SSSR count). The number of carbonyl (C=O) groups is 1. The number of ketones is 1. The molecule has 1 aromatic carbocycles. The minimum absolute atomic E-state index is 0.0751. The van der Waals surface area contributed by atoms with Crippen molar-refractivity contribution in [2.24, 2.45) is 7.05 Å². The first-order chi connectivity index (χ1) is 10.1. The van der Waals surface area contributed by atoms with E-state index in [4.69, 9.17) is 9.47 Å². The van der Waals surface area contributed by atoms with Crippen LogP contribution in [0.2, 0.25) is 0 Å². The van der Waals surface area contributed by atoms with Gasteiger partial charge in [0.1, 0.15) is 17.6 Å². The molecule has 1 unspecified atom stereocenters. The number of hydrogen-bond acceptors (Lipinski definition) is 4. The molecule has 0 aliphatic carbocycles. The number of aryl methyl sites for hydroxylation is 2. The van der Waals surface area contributed by atoms with E-state index in [1.807, 2.05) is 13.2 Å². The summed E-state index contributed by atoms with van der Waals surface area (Å²) in [5.74, 6) is 1.36. The van der Waals surface area contributed by atoms with E-state index in [2.05, 4.69) is 12.0 Å². The number of ether oxygens (including phenoxy) is 2. The van der Waals surface area contributed by atoms with Crippen LogP contribution in [0.3, 0.4) is 0 Å².